The van der Waals surface area contributed by atoms with Gasteiger partial charge in [0, 0.05) is 19.6 Å². The predicted molar refractivity (Wildman–Crippen MR) is 83.0 cm³/mol. The van der Waals surface area contributed by atoms with Crippen LogP contribution in [0.25, 0.3) is 11.0 Å². The fourth-order valence-corrected chi connectivity index (χ4v) is 2.91. The third-order valence-corrected chi connectivity index (χ3v) is 4.43. The van der Waals surface area contributed by atoms with Crippen molar-refractivity contribution in [2.45, 2.75) is 33.2 Å². The lowest BCUT2D eigenvalue weighted by atomic mass is 10.1. The van der Waals surface area contributed by atoms with Gasteiger partial charge in [0.2, 0.25) is 0 Å². The van der Waals surface area contributed by atoms with E-state index in [9.17, 15) is 0 Å². The van der Waals surface area contributed by atoms with E-state index in [1.54, 1.807) is 0 Å². The molecule has 4 heteroatoms. The quantitative estimate of drug-likeness (QED) is 0.883. The summed E-state index contributed by atoms with van der Waals surface area (Å²) in [4.78, 5) is 10.8. The summed E-state index contributed by atoms with van der Waals surface area (Å²) < 4.78 is 0. The lowest BCUT2D eigenvalue weighted by Crippen LogP contribution is -2.31. The van der Waals surface area contributed by atoms with Gasteiger partial charge in [0.05, 0.1) is 17.1 Å². The van der Waals surface area contributed by atoms with E-state index < -0.39 is 0 Å². The molecule has 0 aliphatic carbocycles. The van der Waals surface area contributed by atoms with Crippen LogP contribution in [0.5, 0.6) is 0 Å². The molecule has 2 N–H and O–H groups in total. The molecule has 0 spiro atoms. The Morgan fingerprint density at radius 1 is 1.15 bits per heavy atom. The summed E-state index contributed by atoms with van der Waals surface area (Å²) in [7, 11) is 0. The first-order chi connectivity index (χ1) is 9.65. The molecule has 108 valence electrons. The highest BCUT2D eigenvalue weighted by atomic mass is 15.2. The molecule has 2 aromatic rings. The van der Waals surface area contributed by atoms with Crippen molar-refractivity contribution in [2.24, 2.45) is 0 Å². The third-order valence-electron chi connectivity index (χ3n) is 4.43. The molecule has 0 radical (unpaired) electrons. The molecule has 1 aromatic carbocycles. The van der Waals surface area contributed by atoms with Gasteiger partial charge in [-0.25, -0.2) is 4.98 Å². The maximum absolute atomic E-state index is 4.80. The van der Waals surface area contributed by atoms with E-state index in [-0.39, 0.29) is 0 Å². The van der Waals surface area contributed by atoms with Crippen LogP contribution < -0.4 is 5.32 Å². The topological polar surface area (TPSA) is 44.0 Å². The number of fused-ring (bicyclic) bond motifs is 1. The lowest BCUT2D eigenvalue weighted by molar-refractivity contribution is 0.218. The van der Waals surface area contributed by atoms with Gasteiger partial charge in [-0.05, 0) is 57.0 Å². The minimum absolute atomic E-state index is 0.350. The van der Waals surface area contributed by atoms with Crippen LogP contribution in [0.1, 0.15) is 36.3 Å². The maximum Gasteiger partial charge on any atom is 0.124 e. The Balaban J connectivity index is 1.88. The molecule has 1 aliphatic heterocycles. The zero-order chi connectivity index (χ0) is 14.1. The largest absolute Gasteiger partial charge is 0.341 e. The normalized spacial score (nSPS) is 19.1. The van der Waals surface area contributed by atoms with E-state index in [0.29, 0.717) is 6.04 Å². The molecule has 1 unspecified atom stereocenters. The summed E-state index contributed by atoms with van der Waals surface area (Å²) in [6.07, 6.45) is 1.21. The number of H-pyrrole nitrogens is 1. The number of aromatic amines is 1. The first-order valence-corrected chi connectivity index (χ1v) is 7.57. The van der Waals surface area contributed by atoms with E-state index in [1.165, 1.54) is 17.5 Å². The van der Waals surface area contributed by atoms with Crippen LogP contribution in [0.15, 0.2) is 12.1 Å². The first-order valence-electron chi connectivity index (χ1n) is 7.57. The predicted octanol–water partition coefficient (Wildman–Crippen LogP) is 2.54. The molecule has 1 atom stereocenters. The van der Waals surface area contributed by atoms with Crippen LogP contribution >= 0.6 is 0 Å². The highest BCUT2D eigenvalue weighted by Crippen LogP contribution is 2.23. The molecule has 2 heterocycles. The van der Waals surface area contributed by atoms with Crippen molar-refractivity contribution in [2.75, 3.05) is 26.2 Å². The number of nitrogens with zero attached hydrogens (tertiary/aromatic N) is 2. The molecular formula is C16H24N4. The fraction of sp³-hybridized carbons (Fsp3) is 0.562. The molecule has 1 fully saturated rings. The summed E-state index contributed by atoms with van der Waals surface area (Å²) >= 11 is 0. The number of aromatic nitrogens is 2. The SMILES string of the molecule is Cc1cc2nc(C(C)N3CCCNCC3)[nH]c2cc1C. The van der Waals surface area contributed by atoms with E-state index in [4.69, 9.17) is 4.98 Å². The number of hydrogen-bond acceptors (Lipinski definition) is 3. The smallest absolute Gasteiger partial charge is 0.124 e. The second-order valence-corrected chi connectivity index (χ2v) is 5.89. The standard InChI is InChI=1S/C16H24N4/c1-11-9-14-15(10-12(11)2)19-16(18-14)13(3)20-7-4-5-17-6-8-20/h9-10,13,17H,4-8H2,1-3H3,(H,18,19). The Bertz CT molecular complexity index is 555. The first kappa shape index (κ1) is 13.6. The van der Waals surface area contributed by atoms with Crippen molar-refractivity contribution in [1.82, 2.24) is 20.2 Å². The van der Waals surface area contributed by atoms with E-state index in [0.717, 1.165) is 43.0 Å². The third kappa shape index (κ3) is 2.58. The zero-order valence-electron chi connectivity index (χ0n) is 12.7. The molecule has 1 saturated heterocycles. The van der Waals surface area contributed by atoms with Gasteiger partial charge < -0.3 is 10.3 Å². The molecule has 1 aromatic heterocycles. The number of hydrogen-bond donors (Lipinski definition) is 2. The average molecular weight is 272 g/mol. The number of rotatable bonds is 2. The molecular weight excluding hydrogens is 248 g/mol. The summed E-state index contributed by atoms with van der Waals surface area (Å²) in [6.45, 7) is 11.0. The van der Waals surface area contributed by atoms with E-state index in [2.05, 4.69) is 48.1 Å². The van der Waals surface area contributed by atoms with E-state index in [1.807, 2.05) is 0 Å². The Hall–Kier alpha value is -1.39. The van der Waals surface area contributed by atoms with Gasteiger partial charge in [0.1, 0.15) is 5.82 Å². The Morgan fingerprint density at radius 3 is 2.80 bits per heavy atom. The number of nitrogens with one attached hydrogen (secondary N) is 2. The average Bonchev–Trinajstić information content (AvgIpc) is 2.66. The summed E-state index contributed by atoms with van der Waals surface area (Å²) in [5.41, 5.74) is 4.87. The Morgan fingerprint density at radius 2 is 1.95 bits per heavy atom. The monoisotopic (exact) mass is 272 g/mol. The fourth-order valence-electron chi connectivity index (χ4n) is 2.91. The highest BCUT2D eigenvalue weighted by Gasteiger charge is 2.20. The van der Waals surface area contributed by atoms with Crippen molar-refractivity contribution in [1.29, 1.82) is 0 Å². The van der Waals surface area contributed by atoms with Crippen LogP contribution in [0.4, 0.5) is 0 Å². The minimum Gasteiger partial charge on any atom is -0.341 e. The van der Waals surface area contributed by atoms with Crippen molar-refractivity contribution in [3.8, 4) is 0 Å². The second kappa shape index (κ2) is 5.54. The van der Waals surface area contributed by atoms with Crippen molar-refractivity contribution >= 4 is 11.0 Å². The van der Waals surface area contributed by atoms with Crippen LogP contribution in [-0.4, -0.2) is 41.0 Å². The summed E-state index contributed by atoms with van der Waals surface area (Å²) in [5, 5.41) is 3.45. The van der Waals surface area contributed by atoms with Gasteiger partial charge >= 0.3 is 0 Å². The number of imidazole rings is 1. The van der Waals surface area contributed by atoms with Gasteiger partial charge in [-0.3, -0.25) is 4.90 Å². The summed E-state index contributed by atoms with van der Waals surface area (Å²) in [6, 6.07) is 4.74. The Kier molecular flexibility index (Phi) is 3.76. The molecule has 0 amide bonds. The molecule has 0 saturated carbocycles. The van der Waals surface area contributed by atoms with Crippen LogP contribution in [0.3, 0.4) is 0 Å². The van der Waals surface area contributed by atoms with Gasteiger partial charge in [-0.2, -0.15) is 0 Å². The zero-order valence-corrected chi connectivity index (χ0v) is 12.7. The summed E-state index contributed by atoms with van der Waals surface area (Å²) in [5.74, 6) is 1.09. The van der Waals surface area contributed by atoms with Gasteiger partial charge in [0.25, 0.3) is 0 Å². The second-order valence-electron chi connectivity index (χ2n) is 5.89. The molecule has 1 aliphatic rings. The molecule has 4 nitrogen and oxygen atoms in total. The highest BCUT2D eigenvalue weighted by molar-refractivity contribution is 5.77. The number of benzene rings is 1. The van der Waals surface area contributed by atoms with Crippen LogP contribution in [-0.2, 0) is 0 Å². The Labute approximate surface area is 120 Å². The van der Waals surface area contributed by atoms with Crippen molar-refractivity contribution in [3.05, 3.63) is 29.1 Å². The number of aryl methyl sites for hydroxylation is 2. The van der Waals surface area contributed by atoms with E-state index >= 15 is 0 Å². The van der Waals surface area contributed by atoms with Crippen molar-refractivity contribution in [3.63, 3.8) is 0 Å². The minimum atomic E-state index is 0.350. The molecule has 3 rings (SSSR count). The van der Waals surface area contributed by atoms with Gasteiger partial charge in [-0.1, -0.05) is 0 Å². The van der Waals surface area contributed by atoms with Crippen molar-refractivity contribution < 1.29 is 0 Å². The molecule has 0 bridgehead atoms. The lowest BCUT2D eigenvalue weighted by Gasteiger charge is -2.25. The van der Waals surface area contributed by atoms with Crippen LogP contribution in [0.2, 0.25) is 0 Å². The molecule has 20 heavy (non-hydrogen) atoms. The van der Waals surface area contributed by atoms with Gasteiger partial charge in [-0.15, -0.1) is 0 Å². The maximum atomic E-state index is 4.80. The van der Waals surface area contributed by atoms with Gasteiger partial charge in [0.15, 0.2) is 0 Å². The van der Waals surface area contributed by atoms with Crippen LogP contribution in [0, 0.1) is 13.8 Å².